The predicted molar refractivity (Wildman–Crippen MR) is 71.9 cm³/mol. The number of aliphatic hydroxyl groups is 1. The molecule has 1 saturated carbocycles. The third kappa shape index (κ3) is 2.54. The van der Waals surface area contributed by atoms with Crippen LogP contribution >= 0.6 is 0 Å². The summed E-state index contributed by atoms with van der Waals surface area (Å²) in [7, 11) is 0. The molecule has 0 spiro atoms. The van der Waals surface area contributed by atoms with Crippen molar-refractivity contribution in [1.82, 2.24) is 0 Å². The maximum atomic E-state index is 9.90. The second kappa shape index (κ2) is 5.31. The quantitative estimate of drug-likeness (QED) is 0.809. The van der Waals surface area contributed by atoms with Gasteiger partial charge in [-0.1, -0.05) is 37.5 Å². The average Bonchev–Trinajstić information content (AvgIpc) is 2.66. The Hall–Kier alpha value is -1.02. The van der Waals surface area contributed by atoms with E-state index < -0.39 is 0 Å². The summed E-state index contributed by atoms with van der Waals surface area (Å²) < 4.78 is 5.75. The highest BCUT2D eigenvalue weighted by atomic mass is 16.5. The molecule has 2 heteroatoms. The first kappa shape index (κ1) is 12.0. The molecule has 3 unspecified atom stereocenters. The van der Waals surface area contributed by atoms with Crippen LogP contribution in [0.5, 0.6) is 5.75 Å². The van der Waals surface area contributed by atoms with Gasteiger partial charge < -0.3 is 9.84 Å². The van der Waals surface area contributed by atoms with Gasteiger partial charge in [0.05, 0.1) is 12.7 Å². The lowest BCUT2D eigenvalue weighted by molar-refractivity contribution is 0.136. The first-order valence-electron chi connectivity index (χ1n) is 7.22. The summed E-state index contributed by atoms with van der Waals surface area (Å²) in [5.41, 5.74) is 1.37. The molecule has 1 fully saturated rings. The second-order valence-corrected chi connectivity index (χ2v) is 5.82. The number of para-hydroxylation sites is 1. The van der Waals surface area contributed by atoms with Crippen molar-refractivity contribution in [2.75, 3.05) is 6.61 Å². The van der Waals surface area contributed by atoms with Crippen molar-refractivity contribution >= 4 is 0 Å². The van der Waals surface area contributed by atoms with Gasteiger partial charge in [-0.3, -0.25) is 0 Å². The Balaban J connectivity index is 1.66. The van der Waals surface area contributed by atoms with Gasteiger partial charge in [0.2, 0.25) is 0 Å². The smallest absolute Gasteiger partial charge is 0.122 e. The minimum absolute atomic E-state index is 0.0740. The number of fused-ring (bicyclic) bond motifs is 1. The highest BCUT2D eigenvalue weighted by molar-refractivity contribution is 5.39. The van der Waals surface area contributed by atoms with Crippen molar-refractivity contribution in [1.29, 1.82) is 0 Å². The minimum atomic E-state index is -0.0740. The molecule has 1 aliphatic heterocycles. The maximum Gasteiger partial charge on any atom is 0.122 e. The maximum absolute atomic E-state index is 9.90. The van der Waals surface area contributed by atoms with Crippen LogP contribution in [0.2, 0.25) is 0 Å². The predicted octanol–water partition coefficient (Wildman–Crippen LogP) is 3.49. The van der Waals surface area contributed by atoms with E-state index in [2.05, 4.69) is 18.2 Å². The van der Waals surface area contributed by atoms with Gasteiger partial charge in [-0.15, -0.1) is 0 Å². The van der Waals surface area contributed by atoms with E-state index in [-0.39, 0.29) is 6.10 Å². The van der Waals surface area contributed by atoms with Crippen molar-refractivity contribution in [3.8, 4) is 5.75 Å². The summed E-state index contributed by atoms with van der Waals surface area (Å²) in [6, 6.07) is 8.40. The SMILES string of the molecule is OC1CCCCC(CC2COc3ccccc32)C1. The fourth-order valence-electron chi connectivity index (χ4n) is 3.47. The van der Waals surface area contributed by atoms with Crippen molar-refractivity contribution < 1.29 is 9.84 Å². The van der Waals surface area contributed by atoms with Gasteiger partial charge in [-0.25, -0.2) is 0 Å². The van der Waals surface area contributed by atoms with Crippen molar-refractivity contribution in [3.63, 3.8) is 0 Å². The van der Waals surface area contributed by atoms with E-state index in [0.717, 1.165) is 25.2 Å². The van der Waals surface area contributed by atoms with Gasteiger partial charge in [0, 0.05) is 11.5 Å². The summed E-state index contributed by atoms with van der Waals surface area (Å²) in [6.07, 6.45) is 6.82. The number of hydrogen-bond donors (Lipinski definition) is 1. The van der Waals surface area contributed by atoms with E-state index in [1.165, 1.54) is 31.2 Å². The number of benzene rings is 1. The molecule has 3 atom stereocenters. The zero-order valence-electron chi connectivity index (χ0n) is 10.8. The molecule has 1 aromatic carbocycles. The molecular weight excluding hydrogens is 224 g/mol. The van der Waals surface area contributed by atoms with Crippen LogP contribution in [0, 0.1) is 5.92 Å². The molecule has 0 amide bonds. The van der Waals surface area contributed by atoms with E-state index in [9.17, 15) is 5.11 Å². The van der Waals surface area contributed by atoms with Gasteiger partial charge in [0.1, 0.15) is 5.75 Å². The zero-order valence-corrected chi connectivity index (χ0v) is 10.8. The summed E-state index contributed by atoms with van der Waals surface area (Å²) in [5, 5.41) is 9.90. The van der Waals surface area contributed by atoms with Crippen LogP contribution in [-0.4, -0.2) is 17.8 Å². The highest BCUT2D eigenvalue weighted by Crippen LogP contribution is 2.39. The summed E-state index contributed by atoms with van der Waals surface area (Å²) in [4.78, 5) is 0. The van der Waals surface area contributed by atoms with Crippen molar-refractivity contribution in [2.24, 2.45) is 5.92 Å². The Bertz CT molecular complexity index is 402. The van der Waals surface area contributed by atoms with Crippen LogP contribution in [0.1, 0.15) is 50.0 Å². The van der Waals surface area contributed by atoms with E-state index in [0.29, 0.717) is 11.8 Å². The Morgan fingerprint density at radius 2 is 2.00 bits per heavy atom. The molecule has 0 radical (unpaired) electrons. The van der Waals surface area contributed by atoms with Crippen molar-refractivity contribution in [2.45, 2.75) is 50.5 Å². The zero-order chi connectivity index (χ0) is 12.4. The molecule has 1 aliphatic carbocycles. The van der Waals surface area contributed by atoms with E-state index in [1.807, 2.05) is 6.07 Å². The highest BCUT2D eigenvalue weighted by Gasteiger charge is 2.28. The van der Waals surface area contributed by atoms with Crippen LogP contribution in [0.3, 0.4) is 0 Å². The second-order valence-electron chi connectivity index (χ2n) is 5.82. The molecule has 18 heavy (non-hydrogen) atoms. The fourth-order valence-corrected chi connectivity index (χ4v) is 3.47. The minimum Gasteiger partial charge on any atom is -0.493 e. The van der Waals surface area contributed by atoms with Gasteiger partial charge in [0.15, 0.2) is 0 Å². The largest absolute Gasteiger partial charge is 0.493 e. The topological polar surface area (TPSA) is 29.5 Å². The lowest BCUT2D eigenvalue weighted by atomic mass is 9.86. The van der Waals surface area contributed by atoms with Crippen molar-refractivity contribution in [3.05, 3.63) is 29.8 Å². The molecule has 0 bridgehead atoms. The van der Waals surface area contributed by atoms with Crippen LogP contribution in [0.25, 0.3) is 0 Å². The van der Waals surface area contributed by atoms with Gasteiger partial charge >= 0.3 is 0 Å². The lowest BCUT2D eigenvalue weighted by Crippen LogP contribution is -2.14. The van der Waals surface area contributed by atoms with E-state index >= 15 is 0 Å². The Morgan fingerprint density at radius 3 is 2.94 bits per heavy atom. The number of hydrogen-bond acceptors (Lipinski definition) is 2. The molecule has 3 rings (SSSR count). The molecule has 2 aliphatic rings. The third-order valence-electron chi connectivity index (χ3n) is 4.42. The Morgan fingerprint density at radius 1 is 1.17 bits per heavy atom. The van der Waals surface area contributed by atoms with E-state index in [1.54, 1.807) is 0 Å². The van der Waals surface area contributed by atoms with Crippen LogP contribution in [0.4, 0.5) is 0 Å². The molecule has 1 N–H and O–H groups in total. The van der Waals surface area contributed by atoms with Crippen LogP contribution in [-0.2, 0) is 0 Å². The van der Waals surface area contributed by atoms with Gasteiger partial charge in [-0.2, -0.15) is 0 Å². The lowest BCUT2D eigenvalue weighted by Gasteiger charge is -2.19. The molecule has 98 valence electrons. The number of rotatable bonds is 2. The summed E-state index contributed by atoms with van der Waals surface area (Å²) >= 11 is 0. The third-order valence-corrected chi connectivity index (χ3v) is 4.42. The number of ether oxygens (including phenoxy) is 1. The van der Waals surface area contributed by atoms with Crippen LogP contribution < -0.4 is 4.74 Å². The molecule has 0 aromatic heterocycles. The molecular formula is C16H22O2. The summed E-state index contributed by atoms with van der Waals surface area (Å²) in [5.74, 6) is 2.27. The normalized spacial score (nSPS) is 31.5. The molecule has 1 heterocycles. The Labute approximate surface area is 109 Å². The summed E-state index contributed by atoms with van der Waals surface area (Å²) in [6.45, 7) is 0.825. The van der Waals surface area contributed by atoms with Crippen LogP contribution in [0.15, 0.2) is 24.3 Å². The monoisotopic (exact) mass is 246 g/mol. The Kier molecular flexibility index (Phi) is 3.55. The van der Waals surface area contributed by atoms with Gasteiger partial charge in [0.25, 0.3) is 0 Å². The molecule has 2 nitrogen and oxygen atoms in total. The van der Waals surface area contributed by atoms with E-state index in [4.69, 9.17) is 4.74 Å². The molecule has 1 aromatic rings. The average molecular weight is 246 g/mol. The fraction of sp³-hybridized carbons (Fsp3) is 0.625. The first-order valence-corrected chi connectivity index (χ1v) is 7.22. The molecule has 0 saturated heterocycles. The number of aliphatic hydroxyl groups excluding tert-OH is 1. The first-order chi connectivity index (χ1) is 8.83. The standard InChI is InChI=1S/C16H22O2/c17-14-6-2-1-5-12(10-14)9-13-11-18-16-8-4-3-7-15(13)16/h3-4,7-8,12-14,17H,1-2,5-6,9-11H2. The van der Waals surface area contributed by atoms with Gasteiger partial charge in [-0.05, 0) is 31.2 Å².